The minimum Gasteiger partial charge on any atom is -0.379 e. The number of hydrogen-bond donors (Lipinski definition) is 2. The predicted octanol–water partition coefficient (Wildman–Crippen LogP) is 1.09. The average molecular weight is 295 g/mol. The Labute approximate surface area is 122 Å². The lowest BCUT2D eigenvalue weighted by Gasteiger charge is -2.25. The van der Waals surface area contributed by atoms with Crippen LogP contribution in [0.25, 0.3) is 0 Å². The summed E-state index contributed by atoms with van der Waals surface area (Å²) in [6.07, 6.45) is 2.01. The summed E-state index contributed by atoms with van der Waals surface area (Å²) < 4.78 is 10.8. The lowest BCUT2D eigenvalue weighted by molar-refractivity contribution is -0.124. The van der Waals surface area contributed by atoms with Gasteiger partial charge in [-0.1, -0.05) is 20.8 Å². The summed E-state index contributed by atoms with van der Waals surface area (Å²) in [5.74, 6) is -0.0910. The molecule has 1 fully saturated rings. The summed E-state index contributed by atoms with van der Waals surface area (Å²) in [5, 5.41) is 2.84. The van der Waals surface area contributed by atoms with E-state index in [9.17, 15) is 4.79 Å². The van der Waals surface area contributed by atoms with E-state index in [0.29, 0.717) is 19.8 Å². The quantitative estimate of drug-likeness (QED) is 0.719. The molecule has 5 nitrogen and oxygen atoms in total. The van der Waals surface area contributed by atoms with Crippen molar-refractivity contribution >= 4 is 18.3 Å². The van der Waals surface area contributed by atoms with Crippen molar-refractivity contribution in [2.75, 3.05) is 26.4 Å². The van der Waals surface area contributed by atoms with E-state index in [-0.39, 0.29) is 29.8 Å². The molecule has 0 aliphatic carbocycles. The van der Waals surface area contributed by atoms with E-state index >= 15 is 0 Å². The zero-order chi connectivity index (χ0) is 13.6. The van der Waals surface area contributed by atoms with Crippen LogP contribution in [-0.2, 0) is 14.3 Å². The van der Waals surface area contributed by atoms with Crippen molar-refractivity contribution < 1.29 is 14.3 Å². The van der Waals surface area contributed by atoms with Crippen molar-refractivity contribution in [2.45, 2.75) is 45.8 Å². The second-order valence-corrected chi connectivity index (χ2v) is 5.84. The number of carbonyl (C=O) groups excluding carboxylic acids is 1. The van der Waals surface area contributed by atoms with Gasteiger partial charge in [-0.05, 0) is 18.3 Å². The molecule has 0 bridgehead atoms. The summed E-state index contributed by atoms with van der Waals surface area (Å²) >= 11 is 0. The first kappa shape index (κ1) is 18.6. The minimum absolute atomic E-state index is 0. The molecule has 2 atom stereocenters. The fraction of sp³-hybridized carbons (Fsp3) is 0.923. The van der Waals surface area contributed by atoms with Crippen LogP contribution in [0.1, 0.15) is 33.6 Å². The first-order valence-electron chi connectivity index (χ1n) is 6.64. The highest BCUT2D eigenvalue weighted by Crippen LogP contribution is 2.17. The predicted molar refractivity (Wildman–Crippen MR) is 77.5 cm³/mol. The molecule has 0 saturated carbocycles. The first-order valence-corrected chi connectivity index (χ1v) is 6.64. The maximum Gasteiger partial charge on any atom is 0.237 e. The highest BCUT2D eigenvalue weighted by atomic mass is 35.5. The maximum absolute atomic E-state index is 11.7. The van der Waals surface area contributed by atoms with Gasteiger partial charge in [-0.2, -0.15) is 0 Å². The van der Waals surface area contributed by atoms with E-state index in [0.717, 1.165) is 19.4 Å². The molecule has 1 saturated heterocycles. The number of nitrogens with one attached hydrogen (secondary N) is 1. The topological polar surface area (TPSA) is 73.6 Å². The van der Waals surface area contributed by atoms with Gasteiger partial charge in [0.05, 0.1) is 18.8 Å². The molecular formula is C13H27ClN2O3. The van der Waals surface area contributed by atoms with Gasteiger partial charge in [-0.25, -0.2) is 0 Å². The molecule has 0 aromatic carbocycles. The lowest BCUT2D eigenvalue weighted by Crippen LogP contribution is -2.48. The van der Waals surface area contributed by atoms with Crippen LogP contribution in [-0.4, -0.2) is 44.4 Å². The van der Waals surface area contributed by atoms with Gasteiger partial charge in [0.25, 0.3) is 0 Å². The van der Waals surface area contributed by atoms with Gasteiger partial charge in [-0.15, -0.1) is 12.4 Å². The van der Waals surface area contributed by atoms with Gasteiger partial charge < -0.3 is 20.5 Å². The number of ether oxygens (including phenoxy) is 2. The zero-order valence-corrected chi connectivity index (χ0v) is 12.9. The highest BCUT2D eigenvalue weighted by Gasteiger charge is 2.26. The van der Waals surface area contributed by atoms with Crippen molar-refractivity contribution in [3.8, 4) is 0 Å². The van der Waals surface area contributed by atoms with Crippen molar-refractivity contribution in [1.82, 2.24) is 5.32 Å². The molecule has 1 aliphatic heterocycles. The zero-order valence-electron chi connectivity index (χ0n) is 12.1. The van der Waals surface area contributed by atoms with Gasteiger partial charge in [-0.3, -0.25) is 4.79 Å². The third kappa shape index (κ3) is 7.11. The number of amides is 1. The molecule has 0 radical (unpaired) electrons. The number of carbonyl (C=O) groups is 1. The largest absolute Gasteiger partial charge is 0.379 e. The second-order valence-electron chi connectivity index (χ2n) is 5.84. The molecule has 0 aromatic heterocycles. The summed E-state index contributed by atoms with van der Waals surface area (Å²) in [6.45, 7) is 8.62. The third-order valence-corrected chi connectivity index (χ3v) is 3.08. The Morgan fingerprint density at radius 3 is 2.74 bits per heavy atom. The van der Waals surface area contributed by atoms with Crippen LogP contribution in [0.3, 0.4) is 0 Å². The van der Waals surface area contributed by atoms with Crippen molar-refractivity contribution in [1.29, 1.82) is 0 Å². The Kier molecular flexibility index (Phi) is 8.57. The van der Waals surface area contributed by atoms with Crippen LogP contribution < -0.4 is 11.1 Å². The summed E-state index contributed by atoms with van der Waals surface area (Å²) in [4.78, 5) is 11.7. The van der Waals surface area contributed by atoms with Gasteiger partial charge >= 0.3 is 0 Å². The van der Waals surface area contributed by atoms with E-state index < -0.39 is 6.04 Å². The molecule has 0 aromatic rings. The number of hydrogen-bond acceptors (Lipinski definition) is 4. The normalized spacial score (nSPS) is 20.7. The van der Waals surface area contributed by atoms with Crippen LogP contribution in [0.15, 0.2) is 0 Å². The third-order valence-electron chi connectivity index (χ3n) is 3.08. The number of nitrogens with two attached hydrogens (primary N) is 1. The molecular weight excluding hydrogens is 268 g/mol. The Bertz CT molecular complexity index is 263. The molecule has 1 rings (SSSR count). The van der Waals surface area contributed by atoms with E-state index in [1.54, 1.807) is 0 Å². The van der Waals surface area contributed by atoms with E-state index in [1.165, 1.54) is 0 Å². The standard InChI is InChI=1S/C13H26N2O3.ClH/c1-13(2,3)11(14)12(16)15-6-4-7-18-10-5-8-17-9-10;/h10-11H,4-9,14H2,1-3H3,(H,15,16);1H/t10?,11-;/m1./s1. The molecule has 1 aliphatic rings. The van der Waals surface area contributed by atoms with Gasteiger partial charge in [0, 0.05) is 19.8 Å². The fourth-order valence-electron chi connectivity index (χ4n) is 1.68. The van der Waals surface area contributed by atoms with Gasteiger partial charge in [0.15, 0.2) is 0 Å². The molecule has 3 N–H and O–H groups in total. The fourth-order valence-corrected chi connectivity index (χ4v) is 1.68. The van der Waals surface area contributed by atoms with E-state index in [1.807, 2.05) is 20.8 Å². The molecule has 6 heteroatoms. The summed E-state index contributed by atoms with van der Waals surface area (Å²) in [6, 6.07) is -0.471. The first-order chi connectivity index (χ1) is 8.41. The Morgan fingerprint density at radius 1 is 1.53 bits per heavy atom. The lowest BCUT2D eigenvalue weighted by atomic mass is 9.87. The Balaban J connectivity index is 0.00000324. The smallest absolute Gasteiger partial charge is 0.237 e. The highest BCUT2D eigenvalue weighted by molar-refractivity contribution is 5.85. The van der Waals surface area contributed by atoms with Crippen LogP contribution in [0.2, 0.25) is 0 Å². The maximum atomic E-state index is 11.7. The molecule has 114 valence electrons. The van der Waals surface area contributed by atoms with Gasteiger partial charge in [0.1, 0.15) is 0 Å². The second kappa shape index (κ2) is 8.74. The summed E-state index contributed by atoms with van der Waals surface area (Å²) in [7, 11) is 0. The SMILES string of the molecule is CC(C)(C)[C@H](N)C(=O)NCCCOC1CCOC1.Cl. The van der Waals surface area contributed by atoms with Crippen LogP contribution in [0.5, 0.6) is 0 Å². The summed E-state index contributed by atoms with van der Waals surface area (Å²) in [5.41, 5.74) is 5.64. The van der Waals surface area contributed by atoms with Crippen molar-refractivity contribution in [3.63, 3.8) is 0 Å². The van der Waals surface area contributed by atoms with Crippen LogP contribution >= 0.6 is 12.4 Å². The van der Waals surface area contributed by atoms with Gasteiger partial charge in [0.2, 0.25) is 5.91 Å². The Hall–Kier alpha value is -0.360. The van der Waals surface area contributed by atoms with E-state index in [4.69, 9.17) is 15.2 Å². The number of halogens is 1. The van der Waals surface area contributed by atoms with Crippen LogP contribution in [0.4, 0.5) is 0 Å². The molecule has 0 spiro atoms. The molecule has 19 heavy (non-hydrogen) atoms. The Morgan fingerprint density at radius 2 is 2.21 bits per heavy atom. The van der Waals surface area contributed by atoms with Crippen LogP contribution in [0, 0.1) is 5.41 Å². The number of rotatable bonds is 6. The molecule has 1 heterocycles. The molecule has 1 amide bonds. The van der Waals surface area contributed by atoms with Crippen molar-refractivity contribution in [2.24, 2.45) is 11.1 Å². The monoisotopic (exact) mass is 294 g/mol. The van der Waals surface area contributed by atoms with Crippen molar-refractivity contribution in [3.05, 3.63) is 0 Å². The average Bonchev–Trinajstić information content (AvgIpc) is 2.79. The molecule has 1 unspecified atom stereocenters. The minimum atomic E-state index is -0.471. The van der Waals surface area contributed by atoms with E-state index in [2.05, 4.69) is 5.32 Å².